The molecule has 0 heterocycles. The number of benzene rings is 1. The summed E-state index contributed by atoms with van der Waals surface area (Å²) in [6.07, 6.45) is 3.34. The van der Waals surface area contributed by atoms with Crippen LogP contribution < -0.4 is 5.32 Å². The lowest BCUT2D eigenvalue weighted by Gasteiger charge is -2.34. The number of aryl methyl sites for hydroxylation is 1. The molecule has 3 atom stereocenters. The maximum atomic E-state index is 12.3. The number of rotatable bonds is 5. The van der Waals surface area contributed by atoms with Crippen molar-refractivity contribution in [2.45, 2.75) is 57.4 Å². The lowest BCUT2D eigenvalue weighted by Crippen LogP contribution is -2.44. The molecule has 1 N–H and O–H groups in total. The van der Waals surface area contributed by atoms with Gasteiger partial charge in [0.1, 0.15) is 0 Å². The number of hydrogen-bond acceptors (Lipinski definition) is 3. The van der Waals surface area contributed by atoms with Gasteiger partial charge in [0.25, 0.3) is 0 Å². The van der Waals surface area contributed by atoms with E-state index in [0.717, 1.165) is 18.4 Å². The van der Waals surface area contributed by atoms with Crippen LogP contribution in [0.1, 0.15) is 45.1 Å². The molecule has 1 fully saturated rings. The van der Waals surface area contributed by atoms with Crippen molar-refractivity contribution >= 4 is 15.7 Å². The van der Waals surface area contributed by atoms with Crippen molar-refractivity contribution in [1.82, 2.24) is 5.32 Å². The summed E-state index contributed by atoms with van der Waals surface area (Å²) in [4.78, 5) is 12.4. The Balaban J connectivity index is 1.89. The number of amides is 1. The van der Waals surface area contributed by atoms with Crippen molar-refractivity contribution in [3.8, 4) is 0 Å². The molecular formula is C18H27NO3S. The van der Waals surface area contributed by atoms with Crippen LogP contribution in [0.25, 0.3) is 0 Å². The Labute approximate surface area is 139 Å². The van der Waals surface area contributed by atoms with Crippen LogP contribution in [0.4, 0.5) is 0 Å². The molecule has 0 aromatic heterocycles. The van der Waals surface area contributed by atoms with Gasteiger partial charge in [-0.2, -0.15) is 0 Å². The minimum Gasteiger partial charge on any atom is -0.353 e. The summed E-state index contributed by atoms with van der Waals surface area (Å²) in [6.45, 7) is 6.29. The maximum Gasteiger partial charge on any atom is 0.221 e. The molecule has 1 aliphatic rings. The Morgan fingerprint density at radius 2 is 1.83 bits per heavy atom. The average Bonchev–Trinajstić information content (AvgIpc) is 2.50. The van der Waals surface area contributed by atoms with Gasteiger partial charge >= 0.3 is 0 Å². The molecule has 128 valence electrons. The van der Waals surface area contributed by atoms with Gasteiger partial charge in [0.15, 0.2) is 9.84 Å². The molecule has 0 radical (unpaired) electrons. The van der Waals surface area contributed by atoms with Gasteiger partial charge in [-0.1, -0.05) is 44.4 Å². The maximum absolute atomic E-state index is 12.3. The van der Waals surface area contributed by atoms with Crippen LogP contribution in [-0.2, 0) is 14.6 Å². The van der Waals surface area contributed by atoms with E-state index in [-0.39, 0.29) is 29.0 Å². The third-order valence-electron chi connectivity index (χ3n) is 5.03. The molecule has 1 amide bonds. The number of sulfone groups is 1. The van der Waals surface area contributed by atoms with Crippen LogP contribution >= 0.6 is 0 Å². The van der Waals surface area contributed by atoms with E-state index in [1.165, 1.54) is 6.42 Å². The predicted molar refractivity (Wildman–Crippen MR) is 92.0 cm³/mol. The molecule has 5 heteroatoms. The van der Waals surface area contributed by atoms with E-state index >= 15 is 0 Å². The van der Waals surface area contributed by atoms with Crippen LogP contribution in [0.5, 0.6) is 0 Å². The fourth-order valence-electron chi connectivity index (χ4n) is 3.16. The highest BCUT2D eigenvalue weighted by Crippen LogP contribution is 2.29. The van der Waals surface area contributed by atoms with Gasteiger partial charge in [0.05, 0.1) is 10.6 Å². The summed E-state index contributed by atoms with van der Waals surface area (Å²) in [5.41, 5.74) is 1.02. The largest absolute Gasteiger partial charge is 0.353 e. The summed E-state index contributed by atoms with van der Waals surface area (Å²) in [6, 6.07) is 6.94. The van der Waals surface area contributed by atoms with Crippen molar-refractivity contribution in [2.75, 3.05) is 5.75 Å². The number of nitrogens with one attached hydrogen (secondary N) is 1. The van der Waals surface area contributed by atoms with Crippen LogP contribution in [0.3, 0.4) is 0 Å². The minimum atomic E-state index is -3.40. The zero-order chi connectivity index (χ0) is 17.0. The first-order valence-corrected chi connectivity index (χ1v) is 10.0. The van der Waals surface area contributed by atoms with E-state index in [1.807, 2.05) is 6.92 Å². The van der Waals surface area contributed by atoms with Gasteiger partial charge in [-0.15, -0.1) is 0 Å². The van der Waals surface area contributed by atoms with Crippen molar-refractivity contribution < 1.29 is 13.2 Å². The van der Waals surface area contributed by atoms with Crippen LogP contribution in [0, 0.1) is 18.8 Å². The van der Waals surface area contributed by atoms with E-state index in [0.29, 0.717) is 11.8 Å². The van der Waals surface area contributed by atoms with Gasteiger partial charge in [-0.25, -0.2) is 8.42 Å². The Kier molecular flexibility index (Phi) is 5.84. The molecule has 0 spiro atoms. The smallest absolute Gasteiger partial charge is 0.221 e. The molecular weight excluding hydrogens is 310 g/mol. The van der Waals surface area contributed by atoms with Crippen molar-refractivity contribution in [2.24, 2.45) is 11.8 Å². The second-order valence-electron chi connectivity index (χ2n) is 6.82. The SMILES string of the molecule is Cc1ccc(S(=O)(=O)CCC(=O)NC2CCCC(C)C2C)cc1. The standard InChI is InChI=1S/C18H27NO3S/c1-13-7-9-16(10-8-13)23(21,22)12-11-18(20)19-17-6-4-5-14(2)15(17)3/h7-10,14-15,17H,4-6,11-12H2,1-3H3,(H,19,20). The van der Waals surface area contributed by atoms with E-state index in [4.69, 9.17) is 0 Å². The van der Waals surface area contributed by atoms with E-state index in [1.54, 1.807) is 24.3 Å². The quantitative estimate of drug-likeness (QED) is 0.898. The number of hydrogen-bond donors (Lipinski definition) is 1. The van der Waals surface area contributed by atoms with Gasteiger partial charge in [0, 0.05) is 12.5 Å². The Bertz CT molecular complexity index is 637. The lowest BCUT2D eigenvalue weighted by atomic mass is 9.78. The molecule has 3 unspecified atom stereocenters. The molecule has 0 saturated heterocycles. The molecule has 2 rings (SSSR count). The zero-order valence-electron chi connectivity index (χ0n) is 14.2. The highest BCUT2D eigenvalue weighted by molar-refractivity contribution is 7.91. The fourth-order valence-corrected chi connectivity index (χ4v) is 4.40. The van der Waals surface area contributed by atoms with Crippen molar-refractivity contribution in [1.29, 1.82) is 0 Å². The summed E-state index contributed by atoms with van der Waals surface area (Å²) in [5.74, 6) is 0.747. The number of carbonyl (C=O) groups is 1. The first-order valence-electron chi connectivity index (χ1n) is 8.38. The van der Waals surface area contributed by atoms with E-state index in [2.05, 4.69) is 19.2 Å². The molecule has 23 heavy (non-hydrogen) atoms. The van der Waals surface area contributed by atoms with Crippen LogP contribution in [0.15, 0.2) is 29.2 Å². The van der Waals surface area contributed by atoms with Crippen molar-refractivity contribution in [3.63, 3.8) is 0 Å². The van der Waals surface area contributed by atoms with Crippen molar-refractivity contribution in [3.05, 3.63) is 29.8 Å². The Morgan fingerprint density at radius 1 is 1.17 bits per heavy atom. The summed E-state index contributed by atoms with van der Waals surface area (Å²) in [5, 5.41) is 3.03. The van der Waals surface area contributed by atoms with Gasteiger partial charge < -0.3 is 5.32 Å². The summed E-state index contributed by atoms with van der Waals surface area (Å²) in [7, 11) is -3.40. The normalized spacial score (nSPS) is 25.1. The monoisotopic (exact) mass is 337 g/mol. The topological polar surface area (TPSA) is 63.2 Å². The highest BCUT2D eigenvalue weighted by Gasteiger charge is 2.28. The van der Waals surface area contributed by atoms with Crippen LogP contribution in [-0.4, -0.2) is 26.1 Å². The van der Waals surface area contributed by atoms with Gasteiger partial charge in [-0.05, 0) is 37.3 Å². The second-order valence-corrected chi connectivity index (χ2v) is 8.93. The van der Waals surface area contributed by atoms with Crippen LogP contribution in [0.2, 0.25) is 0 Å². The summed E-state index contributed by atoms with van der Waals surface area (Å²) >= 11 is 0. The lowest BCUT2D eigenvalue weighted by molar-refractivity contribution is -0.122. The second kappa shape index (κ2) is 7.47. The van der Waals surface area contributed by atoms with E-state index in [9.17, 15) is 13.2 Å². The average molecular weight is 337 g/mol. The molecule has 1 aromatic carbocycles. The predicted octanol–water partition coefficient (Wildman–Crippen LogP) is 3.10. The Morgan fingerprint density at radius 3 is 2.48 bits per heavy atom. The molecule has 0 bridgehead atoms. The zero-order valence-corrected chi connectivity index (χ0v) is 15.0. The minimum absolute atomic E-state index is 0.0216. The number of carbonyl (C=O) groups excluding carboxylic acids is 1. The molecule has 1 aliphatic carbocycles. The highest BCUT2D eigenvalue weighted by atomic mass is 32.2. The first-order chi connectivity index (χ1) is 10.8. The molecule has 1 saturated carbocycles. The molecule has 1 aromatic rings. The van der Waals surface area contributed by atoms with E-state index < -0.39 is 9.84 Å². The first kappa shape index (κ1) is 18.0. The third-order valence-corrected chi connectivity index (χ3v) is 6.76. The molecule has 4 nitrogen and oxygen atoms in total. The van der Waals surface area contributed by atoms with Gasteiger partial charge in [-0.3, -0.25) is 4.79 Å². The molecule has 0 aliphatic heterocycles. The Hall–Kier alpha value is -1.36. The summed E-state index contributed by atoms with van der Waals surface area (Å²) < 4.78 is 24.6. The fraction of sp³-hybridized carbons (Fsp3) is 0.611. The third kappa shape index (κ3) is 4.80. The van der Waals surface area contributed by atoms with Gasteiger partial charge in [0.2, 0.25) is 5.91 Å².